The van der Waals surface area contributed by atoms with E-state index in [1.165, 1.54) is 5.56 Å². The zero-order valence-electron chi connectivity index (χ0n) is 17.3. The number of nitrogens with zero attached hydrogens (tertiary/aromatic N) is 3. The Labute approximate surface area is 176 Å². The van der Waals surface area contributed by atoms with Gasteiger partial charge in [-0.25, -0.2) is 0 Å². The molecule has 7 nitrogen and oxygen atoms in total. The summed E-state index contributed by atoms with van der Waals surface area (Å²) < 4.78 is 11.5. The average Bonchev–Trinajstić information content (AvgIpc) is 3.21. The summed E-state index contributed by atoms with van der Waals surface area (Å²) in [4.78, 5) is 33.1. The first kappa shape index (κ1) is 20.3. The van der Waals surface area contributed by atoms with E-state index in [9.17, 15) is 9.59 Å². The number of fused-ring (bicyclic) bond motifs is 1. The molecule has 1 atom stereocenters. The topological polar surface area (TPSA) is 72.0 Å². The smallest absolute Gasteiger partial charge is 0.227 e. The molecule has 1 saturated heterocycles. The summed E-state index contributed by atoms with van der Waals surface area (Å²) in [6, 6.07) is 11.7. The van der Waals surface area contributed by atoms with E-state index in [1.807, 2.05) is 37.3 Å². The molecule has 1 fully saturated rings. The van der Waals surface area contributed by atoms with Crippen LogP contribution in [0.2, 0.25) is 0 Å². The van der Waals surface area contributed by atoms with Crippen LogP contribution in [0.25, 0.3) is 0 Å². The summed E-state index contributed by atoms with van der Waals surface area (Å²) in [6.07, 6.45) is 2.80. The number of carbonyl (C=O) groups is 2. The number of hydrogen-bond acceptors (Lipinski definition) is 5. The Bertz CT molecular complexity index is 900. The highest BCUT2D eigenvalue weighted by Crippen LogP contribution is 2.28. The standard InChI is InChI=1S/C23H27N3O4/c1-17-6-7-19(14-24-17)30-16-20-15-25(12-13-29-20)22(27)8-9-23(28)26-11-10-18-4-2-3-5-21(18)26/h2-7,14,20H,8-13,15-16H2,1H3. The predicted octanol–water partition coefficient (Wildman–Crippen LogP) is 2.37. The highest BCUT2D eigenvalue weighted by atomic mass is 16.5. The molecule has 2 aliphatic rings. The van der Waals surface area contributed by atoms with E-state index in [2.05, 4.69) is 11.1 Å². The van der Waals surface area contributed by atoms with E-state index < -0.39 is 0 Å². The number of aryl methyl sites for hydroxylation is 1. The fourth-order valence-corrected chi connectivity index (χ4v) is 3.88. The molecule has 2 amide bonds. The number of anilines is 1. The van der Waals surface area contributed by atoms with Crippen molar-refractivity contribution in [2.24, 2.45) is 0 Å². The minimum Gasteiger partial charge on any atom is -0.489 e. The van der Waals surface area contributed by atoms with Crippen LogP contribution in [0.4, 0.5) is 5.69 Å². The van der Waals surface area contributed by atoms with Crippen molar-refractivity contribution in [3.63, 3.8) is 0 Å². The lowest BCUT2D eigenvalue weighted by Gasteiger charge is -2.33. The molecule has 30 heavy (non-hydrogen) atoms. The molecule has 0 aliphatic carbocycles. The number of carbonyl (C=O) groups excluding carboxylic acids is 2. The molecule has 0 N–H and O–H groups in total. The molecule has 1 aromatic heterocycles. The number of benzene rings is 1. The molecule has 4 rings (SSSR count). The SMILES string of the molecule is Cc1ccc(OCC2CN(C(=O)CCC(=O)N3CCc4ccccc43)CCO2)cn1. The summed E-state index contributed by atoms with van der Waals surface area (Å²) in [6.45, 7) is 4.46. The first-order chi connectivity index (χ1) is 14.6. The van der Waals surface area contributed by atoms with Gasteiger partial charge < -0.3 is 19.3 Å². The van der Waals surface area contributed by atoms with Crippen LogP contribution in [-0.2, 0) is 20.7 Å². The normalized spacial score (nSPS) is 18.2. The number of ether oxygens (including phenoxy) is 2. The third-order valence-corrected chi connectivity index (χ3v) is 5.55. The maximum absolute atomic E-state index is 12.7. The predicted molar refractivity (Wildman–Crippen MR) is 113 cm³/mol. The molecule has 3 heterocycles. The Morgan fingerprint density at radius 3 is 2.80 bits per heavy atom. The van der Waals surface area contributed by atoms with Crippen molar-refractivity contribution in [3.8, 4) is 5.75 Å². The van der Waals surface area contributed by atoms with E-state index in [0.717, 1.165) is 17.8 Å². The largest absolute Gasteiger partial charge is 0.489 e. The summed E-state index contributed by atoms with van der Waals surface area (Å²) in [5, 5.41) is 0. The summed E-state index contributed by atoms with van der Waals surface area (Å²) >= 11 is 0. The minimum atomic E-state index is -0.190. The summed E-state index contributed by atoms with van der Waals surface area (Å²) in [5.41, 5.74) is 3.10. The van der Waals surface area contributed by atoms with Gasteiger partial charge >= 0.3 is 0 Å². The Morgan fingerprint density at radius 1 is 1.13 bits per heavy atom. The second-order valence-corrected chi connectivity index (χ2v) is 7.70. The molecular weight excluding hydrogens is 382 g/mol. The molecule has 0 bridgehead atoms. The molecule has 1 unspecified atom stereocenters. The number of pyridine rings is 1. The van der Waals surface area contributed by atoms with Crippen LogP contribution in [0.1, 0.15) is 24.1 Å². The Balaban J connectivity index is 1.24. The third-order valence-electron chi connectivity index (χ3n) is 5.55. The number of morpholine rings is 1. The van der Waals surface area contributed by atoms with Crippen molar-refractivity contribution in [2.45, 2.75) is 32.3 Å². The summed E-state index contributed by atoms with van der Waals surface area (Å²) in [5.74, 6) is 0.679. The lowest BCUT2D eigenvalue weighted by molar-refractivity contribution is -0.141. The molecule has 0 spiro atoms. The Kier molecular flexibility index (Phi) is 6.28. The molecule has 0 saturated carbocycles. The van der Waals surface area contributed by atoms with Gasteiger partial charge in [-0.2, -0.15) is 0 Å². The number of amides is 2. The number of hydrogen-bond donors (Lipinski definition) is 0. The van der Waals surface area contributed by atoms with E-state index in [-0.39, 0.29) is 30.8 Å². The van der Waals surface area contributed by atoms with Gasteiger partial charge in [0.2, 0.25) is 11.8 Å². The van der Waals surface area contributed by atoms with Crippen molar-refractivity contribution in [1.29, 1.82) is 0 Å². The first-order valence-electron chi connectivity index (χ1n) is 10.4. The van der Waals surface area contributed by atoms with Crippen LogP contribution in [0.15, 0.2) is 42.6 Å². The quantitative estimate of drug-likeness (QED) is 0.733. The Hall–Kier alpha value is -2.93. The van der Waals surface area contributed by atoms with E-state index in [0.29, 0.717) is 38.6 Å². The van der Waals surface area contributed by atoms with Gasteiger partial charge in [0.25, 0.3) is 0 Å². The second kappa shape index (κ2) is 9.26. The van der Waals surface area contributed by atoms with Crippen LogP contribution < -0.4 is 9.64 Å². The van der Waals surface area contributed by atoms with Crippen LogP contribution in [0.3, 0.4) is 0 Å². The lowest BCUT2D eigenvalue weighted by Crippen LogP contribution is -2.47. The molecule has 7 heteroatoms. The highest BCUT2D eigenvalue weighted by Gasteiger charge is 2.27. The monoisotopic (exact) mass is 409 g/mol. The van der Waals surface area contributed by atoms with Crippen molar-refractivity contribution >= 4 is 17.5 Å². The average molecular weight is 409 g/mol. The van der Waals surface area contributed by atoms with Crippen LogP contribution in [0.5, 0.6) is 5.75 Å². The van der Waals surface area contributed by atoms with Gasteiger partial charge in [-0.1, -0.05) is 18.2 Å². The molecule has 1 aromatic carbocycles. The molecule has 2 aliphatic heterocycles. The molecule has 2 aromatic rings. The fourth-order valence-electron chi connectivity index (χ4n) is 3.88. The second-order valence-electron chi connectivity index (χ2n) is 7.70. The number of para-hydroxylation sites is 1. The van der Waals surface area contributed by atoms with E-state index in [1.54, 1.807) is 16.0 Å². The van der Waals surface area contributed by atoms with Gasteiger partial charge in [-0.05, 0) is 37.1 Å². The number of aromatic nitrogens is 1. The van der Waals surface area contributed by atoms with Gasteiger partial charge in [-0.15, -0.1) is 0 Å². The first-order valence-corrected chi connectivity index (χ1v) is 10.4. The van der Waals surface area contributed by atoms with Crippen LogP contribution >= 0.6 is 0 Å². The van der Waals surface area contributed by atoms with Gasteiger partial charge in [0.05, 0.1) is 19.3 Å². The van der Waals surface area contributed by atoms with Gasteiger partial charge in [0, 0.05) is 37.3 Å². The van der Waals surface area contributed by atoms with Crippen LogP contribution in [-0.4, -0.2) is 60.7 Å². The Morgan fingerprint density at radius 2 is 1.97 bits per heavy atom. The lowest BCUT2D eigenvalue weighted by atomic mass is 10.2. The van der Waals surface area contributed by atoms with Crippen molar-refractivity contribution < 1.29 is 19.1 Å². The maximum Gasteiger partial charge on any atom is 0.227 e. The van der Waals surface area contributed by atoms with Crippen molar-refractivity contribution in [1.82, 2.24) is 9.88 Å². The van der Waals surface area contributed by atoms with Crippen molar-refractivity contribution in [3.05, 3.63) is 53.9 Å². The highest BCUT2D eigenvalue weighted by molar-refractivity contribution is 5.97. The van der Waals surface area contributed by atoms with E-state index in [4.69, 9.17) is 9.47 Å². The third kappa shape index (κ3) is 4.79. The zero-order valence-corrected chi connectivity index (χ0v) is 17.3. The zero-order chi connectivity index (χ0) is 20.9. The molecular formula is C23H27N3O4. The fraction of sp³-hybridized carbons (Fsp3) is 0.435. The van der Waals surface area contributed by atoms with Crippen LogP contribution in [0, 0.1) is 6.92 Å². The summed E-state index contributed by atoms with van der Waals surface area (Å²) in [7, 11) is 0. The van der Waals surface area contributed by atoms with Gasteiger partial charge in [0.15, 0.2) is 0 Å². The molecule has 158 valence electrons. The number of rotatable bonds is 6. The van der Waals surface area contributed by atoms with E-state index >= 15 is 0 Å². The van der Waals surface area contributed by atoms with Crippen molar-refractivity contribution in [2.75, 3.05) is 37.7 Å². The minimum absolute atomic E-state index is 0.00770. The molecule has 0 radical (unpaired) electrons. The van der Waals surface area contributed by atoms with Gasteiger partial charge in [-0.3, -0.25) is 14.6 Å². The maximum atomic E-state index is 12.7. The van der Waals surface area contributed by atoms with Gasteiger partial charge in [0.1, 0.15) is 18.5 Å².